The molecule has 188 valence electrons. The Labute approximate surface area is 209 Å². The molecule has 9 nitrogen and oxygen atoms in total. The minimum atomic E-state index is -1.41. The number of carbonyl (C=O) groups is 1. The highest BCUT2D eigenvalue weighted by Gasteiger charge is 2.29. The number of benzene rings is 2. The van der Waals surface area contributed by atoms with Crippen LogP contribution in [-0.4, -0.2) is 27.6 Å². The predicted molar refractivity (Wildman–Crippen MR) is 130 cm³/mol. The van der Waals surface area contributed by atoms with Gasteiger partial charge in [-0.3, -0.25) is 14.6 Å². The van der Waals surface area contributed by atoms with Gasteiger partial charge in [-0.25, -0.2) is 18.1 Å². The second-order valence-corrected chi connectivity index (χ2v) is 8.26. The summed E-state index contributed by atoms with van der Waals surface area (Å²) in [7, 11) is 1.44. The van der Waals surface area contributed by atoms with Crippen molar-refractivity contribution >= 4 is 16.8 Å². The summed E-state index contributed by atoms with van der Waals surface area (Å²) in [6.45, 7) is 1.47. The molecule has 1 amide bonds. The fourth-order valence-electron chi connectivity index (χ4n) is 4.07. The van der Waals surface area contributed by atoms with E-state index in [0.29, 0.717) is 15.9 Å². The van der Waals surface area contributed by atoms with E-state index in [-0.39, 0.29) is 28.6 Å². The van der Waals surface area contributed by atoms with Gasteiger partial charge in [-0.05, 0) is 42.8 Å². The van der Waals surface area contributed by atoms with Gasteiger partial charge in [0.1, 0.15) is 29.5 Å². The van der Waals surface area contributed by atoms with Gasteiger partial charge in [0.25, 0.3) is 5.56 Å². The zero-order chi connectivity index (χ0) is 26.7. The normalized spacial score (nSPS) is 12.5. The fraction of sp³-hybridized carbons (Fsp3) is 0.192. The number of amides is 1. The zero-order valence-corrected chi connectivity index (χ0v) is 19.8. The van der Waals surface area contributed by atoms with Gasteiger partial charge >= 0.3 is 5.69 Å². The van der Waals surface area contributed by atoms with Crippen LogP contribution in [0.1, 0.15) is 35.8 Å². The van der Waals surface area contributed by atoms with Crippen molar-refractivity contribution in [3.63, 3.8) is 0 Å². The molecule has 2 heterocycles. The Balaban J connectivity index is 1.80. The lowest BCUT2D eigenvalue weighted by atomic mass is 10.0. The lowest BCUT2D eigenvalue weighted by molar-refractivity contribution is -0.125. The summed E-state index contributed by atoms with van der Waals surface area (Å²) < 4.78 is 34.5. The summed E-state index contributed by atoms with van der Waals surface area (Å²) >= 11 is 0. The topological polar surface area (TPSA) is 130 Å². The van der Waals surface area contributed by atoms with Crippen LogP contribution in [0, 0.1) is 23.0 Å². The third-order valence-corrected chi connectivity index (χ3v) is 5.88. The highest BCUT2D eigenvalue weighted by atomic mass is 19.1. The molecule has 4 aromatic rings. The highest BCUT2D eigenvalue weighted by Crippen LogP contribution is 2.24. The maximum atomic E-state index is 14.5. The molecule has 0 radical (unpaired) electrons. The molecule has 0 unspecified atom stereocenters. The van der Waals surface area contributed by atoms with Crippen LogP contribution in [0.5, 0.6) is 5.75 Å². The van der Waals surface area contributed by atoms with Crippen LogP contribution in [0.25, 0.3) is 10.9 Å². The first-order chi connectivity index (χ1) is 17.7. The van der Waals surface area contributed by atoms with Crippen LogP contribution >= 0.6 is 0 Å². The van der Waals surface area contributed by atoms with E-state index >= 15 is 0 Å². The van der Waals surface area contributed by atoms with Crippen molar-refractivity contribution in [2.24, 2.45) is 0 Å². The molecule has 0 aliphatic heterocycles. The molecule has 11 heteroatoms. The number of para-hydroxylation sites is 1. The molecule has 0 fully saturated rings. The average Bonchev–Trinajstić information content (AvgIpc) is 2.88. The van der Waals surface area contributed by atoms with Crippen molar-refractivity contribution in [2.75, 3.05) is 7.11 Å². The molecule has 0 bridgehead atoms. The number of aromatic nitrogens is 3. The molecule has 37 heavy (non-hydrogen) atoms. The third-order valence-electron chi connectivity index (χ3n) is 5.88. The van der Waals surface area contributed by atoms with Crippen molar-refractivity contribution < 1.29 is 18.3 Å². The number of H-pyrrole nitrogens is 1. The molecule has 2 aromatic heterocycles. The SMILES string of the molecule is COc1ccccc1C[C@@H](C(=O)N[C@H](C)c1ncc(C#N)cc1F)n1c(=O)[nH]c2ccc(F)cc2c1=O. The minimum absolute atomic E-state index is 0.00954. The second kappa shape index (κ2) is 10.4. The number of nitriles is 1. The van der Waals surface area contributed by atoms with E-state index in [4.69, 9.17) is 10.00 Å². The Bertz CT molecular complexity index is 1660. The average molecular weight is 505 g/mol. The van der Waals surface area contributed by atoms with Gasteiger partial charge in [-0.15, -0.1) is 0 Å². The standard InChI is InChI=1S/C26H21F2N5O4/c1-14(23-19(28)9-15(12-29)13-30-23)31-24(34)21(10-16-5-3-4-6-22(16)37-2)33-25(35)18-11-17(27)7-8-20(18)32-26(33)36/h3-9,11,13-14,21H,10H2,1-2H3,(H,31,34)(H,32,36)/t14-,21+/m1/s1. The molecule has 0 spiro atoms. The largest absolute Gasteiger partial charge is 0.496 e. The molecule has 0 saturated heterocycles. The number of aromatic amines is 1. The first-order valence-corrected chi connectivity index (χ1v) is 11.2. The van der Waals surface area contributed by atoms with Gasteiger partial charge in [0.2, 0.25) is 5.91 Å². The van der Waals surface area contributed by atoms with Crippen molar-refractivity contribution in [2.45, 2.75) is 25.4 Å². The Kier molecular flexibility index (Phi) is 7.11. The summed E-state index contributed by atoms with van der Waals surface area (Å²) in [6, 6.07) is 10.5. The molecule has 4 rings (SSSR count). The number of fused-ring (bicyclic) bond motifs is 1. The van der Waals surface area contributed by atoms with Gasteiger partial charge in [0, 0.05) is 12.6 Å². The number of methoxy groups -OCH3 is 1. The molecular formula is C26H21F2N5O4. The third kappa shape index (κ3) is 5.08. The van der Waals surface area contributed by atoms with E-state index < -0.39 is 40.9 Å². The number of hydrogen-bond donors (Lipinski definition) is 2. The lowest BCUT2D eigenvalue weighted by Gasteiger charge is -2.22. The van der Waals surface area contributed by atoms with Crippen molar-refractivity contribution in [3.8, 4) is 11.8 Å². The maximum Gasteiger partial charge on any atom is 0.329 e. The van der Waals surface area contributed by atoms with Crippen molar-refractivity contribution in [1.29, 1.82) is 5.26 Å². The smallest absolute Gasteiger partial charge is 0.329 e. The number of pyridine rings is 1. The van der Waals surface area contributed by atoms with Crippen molar-refractivity contribution in [3.05, 3.63) is 104 Å². The minimum Gasteiger partial charge on any atom is -0.496 e. The van der Waals surface area contributed by atoms with E-state index in [9.17, 15) is 23.2 Å². The van der Waals surface area contributed by atoms with Crippen LogP contribution in [0.2, 0.25) is 0 Å². The van der Waals surface area contributed by atoms with E-state index in [1.165, 1.54) is 26.3 Å². The number of ether oxygens (including phenoxy) is 1. The molecular weight excluding hydrogens is 484 g/mol. The number of hydrogen-bond acceptors (Lipinski definition) is 6. The predicted octanol–water partition coefficient (Wildman–Crippen LogP) is 2.90. The Morgan fingerprint density at radius 3 is 2.68 bits per heavy atom. The zero-order valence-electron chi connectivity index (χ0n) is 19.8. The van der Waals surface area contributed by atoms with Gasteiger partial charge in [-0.2, -0.15) is 5.26 Å². The number of nitrogens with zero attached hydrogens (tertiary/aromatic N) is 3. The van der Waals surface area contributed by atoms with Crippen molar-refractivity contribution in [1.82, 2.24) is 19.9 Å². The van der Waals surface area contributed by atoms with Crippen LogP contribution in [-0.2, 0) is 11.2 Å². The summed E-state index contributed by atoms with van der Waals surface area (Å²) in [5.41, 5.74) is -1.24. The van der Waals surface area contributed by atoms with E-state index in [2.05, 4.69) is 15.3 Å². The molecule has 2 aromatic carbocycles. The monoisotopic (exact) mass is 505 g/mol. The van der Waals surface area contributed by atoms with E-state index in [1.54, 1.807) is 30.3 Å². The number of rotatable bonds is 7. The summed E-state index contributed by atoms with van der Waals surface area (Å²) in [4.78, 5) is 46.3. The summed E-state index contributed by atoms with van der Waals surface area (Å²) in [5, 5.41) is 11.4. The van der Waals surface area contributed by atoms with Crippen LogP contribution in [0.15, 0.2) is 64.3 Å². The fourth-order valence-corrected chi connectivity index (χ4v) is 4.07. The van der Waals surface area contributed by atoms with Crippen LogP contribution in [0.4, 0.5) is 8.78 Å². The Hall–Kier alpha value is -4.85. The molecule has 2 atom stereocenters. The Morgan fingerprint density at radius 2 is 1.97 bits per heavy atom. The van der Waals surface area contributed by atoms with Crippen LogP contribution in [0.3, 0.4) is 0 Å². The molecule has 2 N–H and O–H groups in total. The van der Waals surface area contributed by atoms with Crippen LogP contribution < -0.4 is 21.3 Å². The first kappa shape index (κ1) is 25.2. The second-order valence-electron chi connectivity index (χ2n) is 8.26. The van der Waals surface area contributed by atoms with Gasteiger partial charge in [0.15, 0.2) is 0 Å². The molecule has 0 aliphatic carbocycles. The molecule has 0 aliphatic rings. The van der Waals surface area contributed by atoms with Gasteiger partial charge < -0.3 is 15.0 Å². The van der Waals surface area contributed by atoms with E-state index in [0.717, 1.165) is 18.2 Å². The Morgan fingerprint density at radius 1 is 1.22 bits per heavy atom. The maximum absolute atomic E-state index is 14.5. The van der Waals surface area contributed by atoms with E-state index in [1.807, 2.05) is 0 Å². The van der Waals surface area contributed by atoms with Gasteiger partial charge in [-0.1, -0.05) is 18.2 Å². The highest BCUT2D eigenvalue weighted by molar-refractivity contribution is 5.82. The number of nitrogens with one attached hydrogen (secondary N) is 2. The summed E-state index contributed by atoms with van der Waals surface area (Å²) in [6.07, 6.45) is 1.02. The number of halogens is 2. The lowest BCUT2D eigenvalue weighted by Crippen LogP contribution is -2.46. The van der Waals surface area contributed by atoms with Gasteiger partial charge in [0.05, 0.1) is 35.3 Å². The molecule has 0 saturated carbocycles. The first-order valence-electron chi connectivity index (χ1n) is 11.2. The quantitative estimate of drug-likeness (QED) is 0.397. The number of carbonyl (C=O) groups excluding carboxylic acids is 1. The summed E-state index contributed by atoms with van der Waals surface area (Å²) in [5.74, 6) is -1.86.